The molecule has 1 saturated heterocycles. The molecule has 0 spiro atoms. The van der Waals surface area contributed by atoms with Gasteiger partial charge in [0.15, 0.2) is 0 Å². The molecule has 0 saturated carbocycles. The lowest BCUT2D eigenvalue weighted by molar-refractivity contribution is 0.200. The van der Waals surface area contributed by atoms with Crippen LogP contribution in [-0.2, 0) is 0 Å². The Kier molecular flexibility index (Phi) is 2.89. The minimum Gasteiger partial charge on any atom is -0.508 e. The zero-order chi connectivity index (χ0) is 11.8. The Morgan fingerprint density at radius 2 is 1.71 bits per heavy atom. The Hall–Kier alpha value is -0.930. The highest BCUT2D eigenvalue weighted by Crippen LogP contribution is 2.38. The number of thioether (sulfide) groups is 1. The molecule has 0 unspecified atom stereocenters. The van der Waals surface area contributed by atoms with Crippen LogP contribution in [0.4, 0.5) is 0 Å². The molecule has 1 N–H and O–H groups in total. The van der Waals surface area contributed by atoms with E-state index in [1.807, 2.05) is 23.9 Å². The van der Waals surface area contributed by atoms with Crippen molar-refractivity contribution in [3.63, 3.8) is 0 Å². The normalized spacial score (nSPS) is 31.9. The molecule has 17 heavy (non-hydrogen) atoms. The molecule has 3 heteroatoms. The summed E-state index contributed by atoms with van der Waals surface area (Å²) in [5, 5.41) is 9.96. The fraction of sp³-hybridized carbons (Fsp3) is 0.429. The lowest BCUT2D eigenvalue weighted by atomic mass is 10.0. The highest BCUT2D eigenvalue weighted by atomic mass is 32.2. The average molecular weight is 247 g/mol. The van der Waals surface area contributed by atoms with Gasteiger partial charge in [0, 0.05) is 22.2 Å². The monoisotopic (exact) mass is 247 g/mol. The van der Waals surface area contributed by atoms with Gasteiger partial charge >= 0.3 is 0 Å². The Balaban J connectivity index is 1.66. The van der Waals surface area contributed by atoms with Crippen molar-refractivity contribution in [1.29, 1.82) is 0 Å². The standard InChI is InChI=1S/C14H17NOS/c1-15-10-2-3-11(15)9-14(8-10)17-13-6-4-12(16)5-7-13/h2-7,10-11,14,16H,8-9H2,1H3/t10-,11+,14-. The summed E-state index contributed by atoms with van der Waals surface area (Å²) in [7, 11) is 2.22. The molecular weight excluding hydrogens is 230 g/mol. The first kappa shape index (κ1) is 11.2. The Bertz CT molecular complexity index is 412. The number of likely N-dealkylation sites (N-methyl/N-ethyl adjacent to an activating group) is 1. The van der Waals surface area contributed by atoms with E-state index in [0.717, 1.165) is 0 Å². The molecule has 3 rings (SSSR count). The third kappa shape index (κ3) is 2.22. The highest BCUT2D eigenvalue weighted by molar-refractivity contribution is 8.00. The van der Waals surface area contributed by atoms with E-state index in [2.05, 4.69) is 24.1 Å². The summed E-state index contributed by atoms with van der Waals surface area (Å²) in [5.74, 6) is 0.347. The molecule has 2 bridgehead atoms. The van der Waals surface area contributed by atoms with Crippen molar-refractivity contribution in [1.82, 2.24) is 4.90 Å². The Labute approximate surface area is 106 Å². The molecular formula is C14H17NOS. The van der Waals surface area contributed by atoms with E-state index in [1.54, 1.807) is 12.1 Å². The van der Waals surface area contributed by atoms with Gasteiger partial charge in [0.05, 0.1) is 0 Å². The van der Waals surface area contributed by atoms with E-state index in [9.17, 15) is 5.11 Å². The lowest BCUT2D eigenvalue weighted by Crippen LogP contribution is -2.41. The molecule has 2 heterocycles. The maximum Gasteiger partial charge on any atom is 0.115 e. The topological polar surface area (TPSA) is 23.5 Å². The van der Waals surface area contributed by atoms with Gasteiger partial charge in [-0.1, -0.05) is 12.2 Å². The van der Waals surface area contributed by atoms with Gasteiger partial charge < -0.3 is 5.11 Å². The predicted molar refractivity (Wildman–Crippen MR) is 71.5 cm³/mol. The van der Waals surface area contributed by atoms with E-state index in [1.165, 1.54) is 17.7 Å². The van der Waals surface area contributed by atoms with Crippen LogP contribution < -0.4 is 0 Å². The lowest BCUT2D eigenvalue weighted by Gasteiger charge is -2.36. The van der Waals surface area contributed by atoms with Gasteiger partial charge in [-0.2, -0.15) is 0 Å². The highest BCUT2D eigenvalue weighted by Gasteiger charge is 2.34. The second-order valence-electron chi connectivity index (χ2n) is 4.89. The summed E-state index contributed by atoms with van der Waals surface area (Å²) in [5.41, 5.74) is 0. The third-order valence-electron chi connectivity index (χ3n) is 3.75. The van der Waals surface area contributed by atoms with Crippen LogP contribution >= 0.6 is 11.8 Å². The van der Waals surface area contributed by atoms with Crippen LogP contribution in [0.25, 0.3) is 0 Å². The summed E-state index contributed by atoms with van der Waals surface area (Å²) in [4.78, 5) is 3.73. The number of phenolic OH excluding ortho intramolecular Hbond substituents is 1. The van der Waals surface area contributed by atoms with Crippen molar-refractivity contribution < 1.29 is 5.11 Å². The van der Waals surface area contributed by atoms with E-state index >= 15 is 0 Å². The fourth-order valence-corrected chi connectivity index (χ4v) is 3.98. The van der Waals surface area contributed by atoms with Crippen molar-refractivity contribution in [3.8, 4) is 5.75 Å². The number of benzene rings is 1. The van der Waals surface area contributed by atoms with Crippen LogP contribution in [0.3, 0.4) is 0 Å². The van der Waals surface area contributed by atoms with Gasteiger partial charge in [-0.3, -0.25) is 4.90 Å². The number of hydrogen-bond acceptors (Lipinski definition) is 3. The molecule has 90 valence electrons. The van der Waals surface area contributed by atoms with Gasteiger partial charge in [0.1, 0.15) is 5.75 Å². The summed E-state index contributed by atoms with van der Waals surface area (Å²) >= 11 is 1.94. The molecule has 0 radical (unpaired) electrons. The van der Waals surface area contributed by atoms with Crippen LogP contribution in [0.15, 0.2) is 41.3 Å². The van der Waals surface area contributed by atoms with Gasteiger partial charge in [-0.25, -0.2) is 0 Å². The van der Waals surface area contributed by atoms with Crippen LogP contribution in [0.5, 0.6) is 5.75 Å². The molecule has 2 aliphatic heterocycles. The number of rotatable bonds is 2. The number of hydrogen-bond donors (Lipinski definition) is 1. The van der Waals surface area contributed by atoms with E-state index in [-0.39, 0.29) is 0 Å². The SMILES string of the molecule is CN1[C@@H]2C=C[C@H]1C[C@H](Sc1ccc(O)cc1)C2. The third-order valence-corrected chi connectivity index (χ3v) is 5.01. The van der Waals surface area contributed by atoms with Gasteiger partial charge in [0.25, 0.3) is 0 Å². The van der Waals surface area contributed by atoms with Crippen molar-refractivity contribution in [2.24, 2.45) is 0 Å². The first-order valence-electron chi connectivity index (χ1n) is 6.08. The molecule has 1 aromatic carbocycles. The quantitative estimate of drug-likeness (QED) is 0.813. The van der Waals surface area contributed by atoms with E-state index in [0.29, 0.717) is 23.1 Å². The second kappa shape index (κ2) is 4.39. The van der Waals surface area contributed by atoms with E-state index in [4.69, 9.17) is 0 Å². The fourth-order valence-electron chi connectivity index (χ4n) is 2.71. The smallest absolute Gasteiger partial charge is 0.115 e. The van der Waals surface area contributed by atoms with Crippen molar-refractivity contribution >= 4 is 11.8 Å². The summed E-state index contributed by atoms with van der Waals surface area (Å²) in [6.07, 6.45) is 7.16. The summed E-state index contributed by atoms with van der Waals surface area (Å²) < 4.78 is 0. The Morgan fingerprint density at radius 1 is 1.12 bits per heavy atom. The first-order chi connectivity index (χ1) is 8.22. The minimum absolute atomic E-state index is 0.347. The van der Waals surface area contributed by atoms with Gasteiger partial charge in [-0.05, 0) is 44.2 Å². The van der Waals surface area contributed by atoms with Crippen LogP contribution in [-0.4, -0.2) is 34.4 Å². The predicted octanol–water partition coefficient (Wildman–Crippen LogP) is 2.89. The second-order valence-corrected chi connectivity index (χ2v) is 6.26. The van der Waals surface area contributed by atoms with Crippen LogP contribution in [0, 0.1) is 0 Å². The van der Waals surface area contributed by atoms with Crippen molar-refractivity contribution in [2.45, 2.75) is 35.1 Å². The average Bonchev–Trinajstić information content (AvgIpc) is 2.55. The first-order valence-corrected chi connectivity index (χ1v) is 6.96. The van der Waals surface area contributed by atoms with Crippen molar-refractivity contribution in [2.75, 3.05) is 7.05 Å². The molecule has 1 aromatic rings. The molecule has 2 aliphatic rings. The maximum absolute atomic E-state index is 9.27. The zero-order valence-electron chi connectivity index (χ0n) is 9.91. The number of fused-ring (bicyclic) bond motifs is 2. The number of nitrogens with zero attached hydrogens (tertiary/aromatic N) is 1. The van der Waals surface area contributed by atoms with E-state index < -0.39 is 0 Å². The minimum atomic E-state index is 0.347. The molecule has 0 amide bonds. The zero-order valence-corrected chi connectivity index (χ0v) is 10.7. The number of aromatic hydroxyl groups is 1. The van der Waals surface area contributed by atoms with Gasteiger partial charge in [0.2, 0.25) is 0 Å². The number of phenols is 1. The summed E-state index contributed by atoms with van der Waals surface area (Å²) in [6, 6.07) is 8.81. The van der Waals surface area contributed by atoms with Crippen LogP contribution in [0.2, 0.25) is 0 Å². The molecule has 2 nitrogen and oxygen atoms in total. The molecule has 1 fully saturated rings. The van der Waals surface area contributed by atoms with Crippen molar-refractivity contribution in [3.05, 3.63) is 36.4 Å². The number of piperidine rings is 1. The van der Waals surface area contributed by atoms with Crippen LogP contribution in [0.1, 0.15) is 12.8 Å². The molecule has 3 atom stereocenters. The largest absolute Gasteiger partial charge is 0.508 e. The Morgan fingerprint density at radius 3 is 2.29 bits per heavy atom. The molecule has 0 aliphatic carbocycles. The molecule has 0 aromatic heterocycles. The summed E-state index contributed by atoms with van der Waals surface area (Å²) in [6.45, 7) is 0. The van der Waals surface area contributed by atoms with Gasteiger partial charge in [-0.15, -0.1) is 11.8 Å². The maximum atomic E-state index is 9.27.